The molecule has 2 unspecified atom stereocenters. The molecule has 0 aliphatic rings. The Hall–Kier alpha value is -0.550. The number of carbonyl (C=O) groups is 1. The Morgan fingerprint density at radius 2 is 1.93 bits per heavy atom. The summed E-state index contributed by atoms with van der Waals surface area (Å²) in [6.07, 6.45) is -1.02. The van der Waals surface area contributed by atoms with Gasteiger partial charge in [-0.3, -0.25) is 0 Å². The van der Waals surface area contributed by atoms with Gasteiger partial charge >= 0.3 is 6.09 Å². The molecule has 3 nitrogen and oxygen atoms in total. The van der Waals surface area contributed by atoms with Crippen molar-refractivity contribution in [1.82, 2.24) is 5.32 Å². The van der Waals surface area contributed by atoms with E-state index in [9.17, 15) is 4.79 Å². The minimum Gasteiger partial charge on any atom is -0.465 e. The average molecular weight is 339 g/mol. The van der Waals surface area contributed by atoms with Crippen LogP contribution in [0.3, 0.4) is 0 Å². The Labute approximate surface area is 108 Å². The van der Waals surface area contributed by atoms with E-state index in [-0.39, 0.29) is 27.9 Å². The van der Waals surface area contributed by atoms with Crippen molar-refractivity contribution >= 4 is 39.0 Å². The minimum atomic E-state index is -1.02. The Bertz CT molecular complexity index is 306. The van der Waals surface area contributed by atoms with Crippen molar-refractivity contribution in [3.8, 4) is 0 Å². The fourth-order valence-electron chi connectivity index (χ4n) is 1.17. The molecule has 1 rings (SSSR count). The van der Waals surface area contributed by atoms with Crippen molar-refractivity contribution < 1.29 is 9.90 Å². The highest BCUT2D eigenvalue weighted by Crippen LogP contribution is 2.22. The van der Waals surface area contributed by atoms with Gasteiger partial charge in [0, 0.05) is 5.92 Å². The zero-order valence-electron chi connectivity index (χ0n) is 8.18. The van der Waals surface area contributed by atoms with Gasteiger partial charge in [-0.05, 0) is 5.56 Å². The minimum absolute atomic E-state index is 0. The Morgan fingerprint density at radius 3 is 2.40 bits per heavy atom. The van der Waals surface area contributed by atoms with E-state index in [0.29, 0.717) is 0 Å². The van der Waals surface area contributed by atoms with Gasteiger partial charge in [-0.25, -0.2) is 4.79 Å². The van der Waals surface area contributed by atoms with Gasteiger partial charge in [-0.15, -0.1) is 17.0 Å². The number of rotatable bonds is 3. The molecule has 0 aromatic heterocycles. The second-order valence-electron chi connectivity index (χ2n) is 3.05. The van der Waals surface area contributed by atoms with E-state index in [2.05, 4.69) is 21.2 Å². The summed E-state index contributed by atoms with van der Waals surface area (Å²) in [6.45, 7) is 1.96. The highest BCUT2D eigenvalue weighted by Gasteiger charge is 2.16. The van der Waals surface area contributed by atoms with Crippen LogP contribution in [0.25, 0.3) is 0 Å². The van der Waals surface area contributed by atoms with E-state index in [1.165, 1.54) is 0 Å². The van der Waals surface area contributed by atoms with Crippen molar-refractivity contribution in [2.45, 2.75) is 17.8 Å². The lowest BCUT2D eigenvalue weighted by atomic mass is 10.0. The molecule has 2 atom stereocenters. The molecule has 0 spiro atoms. The lowest BCUT2D eigenvalue weighted by Gasteiger charge is -2.18. The summed E-state index contributed by atoms with van der Waals surface area (Å²) in [5, 5.41) is 10.9. The first-order valence-electron chi connectivity index (χ1n) is 4.29. The molecule has 84 valence electrons. The number of alkyl halides is 1. The molecule has 5 heteroatoms. The number of amides is 1. The summed E-state index contributed by atoms with van der Waals surface area (Å²) in [5.41, 5.74) is 1.10. The Balaban J connectivity index is 0.00000196. The van der Waals surface area contributed by atoms with Crippen LogP contribution in [0.1, 0.15) is 18.4 Å². The maximum Gasteiger partial charge on any atom is 0.405 e. The van der Waals surface area contributed by atoms with E-state index in [1.54, 1.807) is 0 Å². The normalized spacial score (nSPS) is 13.5. The molecule has 15 heavy (non-hydrogen) atoms. The largest absolute Gasteiger partial charge is 0.465 e. The van der Waals surface area contributed by atoms with Crippen LogP contribution < -0.4 is 5.32 Å². The first-order chi connectivity index (χ1) is 6.61. The number of carboxylic acid groups (broad SMARTS) is 1. The predicted octanol–water partition coefficient (Wildman–Crippen LogP) is 3.36. The van der Waals surface area contributed by atoms with Crippen LogP contribution in [-0.2, 0) is 0 Å². The highest BCUT2D eigenvalue weighted by atomic mass is 79.9. The molecular weight excluding hydrogens is 326 g/mol. The molecule has 0 saturated heterocycles. The van der Waals surface area contributed by atoms with Gasteiger partial charge in [-0.2, -0.15) is 0 Å². The van der Waals surface area contributed by atoms with Crippen molar-refractivity contribution in [3.05, 3.63) is 35.9 Å². The summed E-state index contributed by atoms with van der Waals surface area (Å²) >= 11 is 3.29. The molecule has 1 aromatic carbocycles. The van der Waals surface area contributed by atoms with E-state index < -0.39 is 6.09 Å². The third kappa shape index (κ3) is 4.66. The summed E-state index contributed by atoms with van der Waals surface area (Å²) in [4.78, 5) is 10.1. The second-order valence-corrected chi connectivity index (χ2v) is 4.04. The third-order valence-electron chi connectivity index (χ3n) is 2.03. The molecule has 0 radical (unpaired) electrons. The van der Waals surface area contributed by atoms with Gasteiger partial charge in [-0.1, -0.05) is 53.2 Å². The summed E-state index contributed by atoms with van der Waals surface area (Å²) in [7, 11) is 0. The van der Waals surface area contributed by atoms with Crippen LogP contribution >= 0.6 is 32.9 Å². The van der Waals surface area contributed by atoms with Crippen LogP contribution in [0, 0.1) is 0 Å². The van der Waals surface area contributed by atoms with Gasteiger partial charge in [0.25, 0.3) is 0 Å². The molecule has 0 aliphatic heterocycles. The topological polar surface area (TPSA) is 49.3 Å². The lowest BCUT2D eigenvalue weighted by molar-refractivity contribution is 0.193. The van der Waals surface area contributed by atoms with Gasteiger partial charge in [0.1, 0.15) is 0 Å². The Morgan fingerprint density at radius 1 is 1.40 bits per heavy atom. The van der Waals surface area contributed by atoms with Crippen LogP contribution in [-0.4, -0.2) is 16.2 Å². The molecule has 1 amide bonds. The molecule has 0 heterocycles. The monoisotopic (exact) mass is 337 g/mol. The van der Waals surface area contributed by atoms with Gasteiger partial charge < -0.3 is 10.4 Å². The number of halogens is 2. The number of nitrogens with one attached hydrogen (secondary N) is 1. The van der Waals surface area contributed by atoms with E-state index in [1.807, 2.05) is 37.3 Å². The third-order valence-corrected chi connectivity index (χ3v) is 3.05. The molecule has 1 aromatic rings. The number of hydrogen-bond donors (Lipinski definition) is 2. The molecule has 0 bridgehead atoms. The van der Waals surface area contributed by atoms with Crippen molar-refractivity contribution in [1.29, 1.82) is 0 Å². The van der Waals surface area contributed by atoms with Gasteiger partial charge in [0.2, 0.25) is 0 Å². The number of hydrogen-bond acceptors (Lipinski definition) is 1. The second kappa shape index (κ2) is 6.85. The fourth-order valence-corrected chi connectivity index (χ4v) is 1.67. The van der Waals surface area contributed by atoms with Crippen LogP contribution in [0.15, 0.2) is 30.3 Å². The highest BCUT2D eigenvalue weighted by molar-refractivity contribution is 9.09. The Kier molecular flexibility index (Phi) is 6.60. The predicted molar refractivity (Wildman–Crippen MR) is 69.1 cm³/mol. The van der Waals surface area contributed by atoms with Crippen LogP contribution in [0.2, 0.25) is 0 Å². The lowest BCUT2D eigenvalue weighted by Crippen LogP contribution is -2.32. The van der Waals surface area contributed by atoms with Crippen molar-refractivity contribution in [2.24, 2.45) is 0 Å². The summed E-state index contributed by atoms with van der Waals surface area (Å²) < 4.78 is 0. The summed E-state index contributed by atoms with van der Waals surface area (Å²) in [6, 6.07) is 9.76. The van der Waals surface area contributed by atoms with E-state index in [4.69, 9.17) is 5.11 Å². The molecule has 0 fully saturated rings. The van der Waals surface area contributed by atoms with Crippen molar-refractivity contribution in [3.63, 3.8) is 0 Å². The zero-order valence-corrected chi connectivity index (χ0v) is 11.5. The molecule has 2 N–H and O–H groups in total. The maximum absolute atomic E-state index is 10.4. The van der Waals surface area contributed by atoms with Crippen LogP contribution in [0.5, 0.6) is 0 Å². The fraction of sp³-hybridized carbons (Fsp3) is 0.300. The quantitative estimate of drug-likeness (QED) is 0.655. The van der Waals surface area contributed by atoms with E-state index >= 15 is 0 Å². The first kappa shape index (κ1) is 14.5. The molecular formula is C10H13Br2NO2. The van der Waals surface area contributed by atoms with E-state index in [0.717, 1.165) is 5.56 Å². The van der Waals surface area contributed by atoms with Crippen molar-refractivity contribution in [2.75, 3.05) is 0 Å². The summed E-state index contributed by atoms with van der Waals surface area (Å²) in [5.74, 6) is 0.104. The van der Waals surface area contributed by atoms with Gasteiger partial charge in [0.15, 0.2) is 0 Å². The van der Waals surface area contributed by atoms with Gasteiger partial charge in [0.05, 0.1) is 4.95 Å². The SMILES string of the molecule is Br.CC(c1ccccc1)C(Br)NC(=O)O. The zero-order chi connectivity index (χ0) is 10.6. The standard InChI is InChI=1S/C10H12BrNO2.BrH/c1-7(9(11)12-10(13)14)8-5-3-2-4-6-8;/h2-7,9,12H,1H3,(H,13,14);1H. The smallest absolute Gasteiger partial charge is 0.405 e. The maximum atomic E-state index is 10.4. The molecule has 0 aliphatic carbocycles. The molecule has 0 saturated carbocycles. The average Bonchev–Trinajstić information content (AvgIpc) is 2.17. The van der Waals surface area contributed by atoms with Crippen LogP contribution in [0.4, 0.5) is 4.79 Å². The first-order valence-corrected chi connectivity index (χ1v) is 5.21. The number of benzene rings is 1.